The molecular weight excluding hydrogens is 228 g/mol. The van der Waals surface area contributed by atoms with Gasteiger partial charge in [-0.05, 0) is 41.9 Å². The maximum atomic E-state index is 12.0. The van der Waals surface area contributed by atoms with Gasteiger partial charge in [-0.25, -0.2) is 0 Å². The maximum Gasteiger partial charge on any atom is 0.263 e. The zero-order valence-corrected chi connectivity index (χ0v) is 9.87. The quantitative estimate of drug-likeness (QED) is 0.775. The fourth-order valence-electron chi connectivity index (χ4n) is 1.82. The van der Waals surface area contributed by atoms with Crippen LogP contribution < -0.4 is 5.56 Å². The van der Waals surface area contributed by atoms with Gasteiger partial charge in [-0.2, -0.15) is 0 Å². The van der Waals surface area contributed by atoms with Gasteiger partial charge in [0.1, 0.15) is 4.83 Å². The highest BCUT2D eigenvalue weighted by Crippen LogP contribution is 2.43. The lowest BCUT2D eigenvalue weighted by molar-refractivity contribution is 0.824. The van der Waals surface area contributed by atoms with Gasteiger partial charge in [0.2, 0.25) is 0 Å². The molecule has 2 aromatic heterocycles. The average Bonchev–Trinajstić information content (AvgIpc) is 2.97. The molecule has 0 saturated heterocycles. The van der Waals surface area contributed by atoms with Crippen molar-refractivity contribution < 1.29 is 0 Å². The summed E-state index contributed by atoms with van der Waals surface area (Å²) in [5, 5.41) is 2.94. The minimum atomic E-state index is 0.0388. The van der Waals surface area contributed by atoms with Crippen LogP contribution in [0.5, 0.6) is 0 Å². The SMILES string of the molecule is Cn1c(=S)[nH]c2scc(C3CC3)c2c1=O. The number of hydrogen-bond donors (Lipinski definition) is 1. The third kappa shape index (κ3) is 1.30. The van der Waals surface area contributed by atoms with E-state index in [0.717, 1.165) is 10.2 Å². The molecule has 3 nitrogen and oxygen atoms in total. The Bertz CT molecular complexity index is 645. The van der Waals surface area contributed by atoms with Crippen LogP contribution in [0.2, 0.25) is 0 Å². The molecule has 15 heavy (non-hydrogen) atoms. The number of hydrogen-bond acceptors (Lipinski definition) is 3. The van der Waals surface area contributed by atoms with Crippen molar-refractivity contribution >= 4 is 33.8 Å². The molecule has 0 atom stereocenters. The Balaban J connectivity index is 2.47. The summed E-state index contributed by atoms with van der Waals surface area (Å²) in [6.07, 6.45) is 2.43. The first-order valence-corrected chi connectivity index (χ1v) is 6.17. The minimum absolute atomic E-state index is 0.0388. The molecule has 1 N–H and O–H groups in total. The van der Waals surface area contributed by atoms with Gasteiger partial charge >= 0.3 is 0 Å². The predicted octanol–water partition coefficient (Wildman–Crippen LogP) is 2.53. The number of nitrogens with zero attached hydrogens (tertiary/aromatic N) is 1. The van der Waals surface area contributed by atoms with Crippen LogP contribution in [-0.2, 0) is 7.05 Å². The largest absolute Gasteiger partial charge is 0.323 e. The van der Waals surface area contributed by atoms with E-state index in [1.54, 1.807) is 18.4 Å². The Morgan fingerprint density at radius 2 is 2.33 bits per heavy atom. The van der Waals surface area contributed by atoms with Crippen LogP contribution in [-0.4, -0.2) is 9.55 Å². The standard InChI is InChI=1S/C10H10N2OS2/c1-12-9(13)7-6(5-2-3-5)4-15-8(7)11-10(12)14/h4-5H,2-3H2,1H3,(H,11,14). The van der Waals surface area contributed by atoms with E-state index in [0.29, 0.717) is 10.7 Å². The summed E-state index contributed by atoms with van der Waals surface area (Å²) in [6, 6.07) is 0. The van der Waals surface area contributed by atoms with Crippen molar-refractivity contribution in [2.24, 2.45) is 7.05 Å². The van der Waals surface area contributed by atoms with Crippen molar-refractivity contribution in [3.05, 3.63) is 26.1 Å². The summed E-state index contributed by atoms with van der Waals surface area (Å²) in [6.45, 7) is 0. The summed E-state index contributed by atoms with van der Waals surface area (Å²) >= 11 is 6.66. The van der Waals surface area contributed by atoms with Crippen LogP contribution in [0, 0.1) is 4.77 Å². The van der Waals surface area contributed by atoms with E-state index in [1.807, 2.05) is 0 Å². The molecule has 3 rings (SSSR count). The Labute approximate surface area is 95.4 Å². The van der Waals surface area contributed by atoms with E-state index >= 15 is 0 Å². The van der Waals surface area contributed by atoms with E-state index in [-0.39, 0.29) is 5.56 Å². The molecule has 0 spiro atoms. The number of aromatic nitrogens is 2. The molecule has 2 heterocycles. The molecule has 0 radical (unpaired) electrons. The van der Waals surface area contributed by atoms with Gasteiger partial charge in [-0.3, -0.25) is 9.36 Å². The van der Waals surface area contributed by atoms with Crippen molar-refractivity contribution in [1.82, 2.24) is 9.55 Å². The molecule has 78 valence electrons. The first-order valence-electron chi connectivity index (χ1n) is 4.89. The number of H-pyrrole nitrogens is 1. The molecule has 1 aliphatic carbocycles. The van der Waals surface area contributed by atoms with E-state index in [4.69, 9.17) is 12.2 Å². The number of rotatable bonds is 1. The lowest BCUT2D eigenvalue weighted by Gasteiger charge is -1.99. The third-order valence-electron chi connectivity index (χ3n) is 2.88. The van der Waals surface area contributed by atoms with Gasteiger partial charge in [-0.15, -0.1) is 11.3 Å². The number of fused-ring (bicyclic) bond motifs is 1. The van der Waals surface area contributed by atoms with Gasteiger partial charge in [0.05, 0.1) is 5.39 Å². The molecule has 1 saturated carbocycles. The van der Waals surface area contributed by atoms with Crippen molar-refractivity contribution in [2.75, 3.05) is 0 Å². The summed E-state index contributed by atoms with van der Waals surface area (Å²) < 4.78 is 2.01. The molecule has 5 heteroatoms. The molecule has 0 unspecified atom stereocenters. The van der Waals surface area contributed by atoms with Crippen molar-refractivity contribution in [1.29, 1.82) is 0 Å². The Hall–Kier alpha value is -0.940. The zero-order chi connectivity index (χ0) is 10.6. The van der Waals surface area contributed by atoms with Gasteiger partial charge in [0.15, 0.2) is 4.77 Å². The molecule has 0 aromatic carbocycles. The van der Waals surface area contributed by atoms with Crippen LogP contribution in [0.3, 0.4) is 0 Å². The fourth-order valence-corrected chi connectivity index (χ4v) is 3.10. The summed E-state index contributed by atoms with van der Waals surface area (Å²) in [4.78, 5) is 16.1. The van der Waals surface area contributed by atoms with Crippen LogP contribution in [0.25, 0.3) is 10.2 Å². The lowest BCUT2D eigenvalue weighted by atomic mass is 10.1. The van der Waals surface area contributed by atoms with Gasteiger partial charge in [0.25, 0.3) is 5.56 Å². The first kappa shape index (κ1) is 9.30. The summed E-state index contributed by atoms with van der Waals surface area (Å²) in [5.74, 6) is 0.607. The second-order valence-electron chi connectivity index (χ2n) is 3.96. The minimum Gasteiger partial charge on any atom is -0.323 e. The van der Waals surface area contributed by atoms with Crippen molar-refractivity contribution in [3.8, 4) is 0 Å². The van der Waals surface area contributed by atoms with E-state index in [9.17, 15) is 4.79 Å². The molecule has 2 aromatic rings. The van der Waals surface area contributed by atoms with E-state index in [2.05, 4.69) is 10.4 Å². The molecule has 0 bridgehead atoms. The highest BCUT2D eigenvalue weighted by Gasteiger charge is 2.27. The van der Waals surface area contributed by atoms with Crippen LogP contribution in [0.4, 0.5) is 0 Å². The second kappa shape index (κ2) is 3.02. The fraction of sp³-hybridized carbons (Fsp3) is 0.400. The zero-order valence-electron chi connectivity index (χ0n) is 8.24. The smallest absolute Gasteiger partial charge is 0.263 e. The number of aromatic amines is 1. The van der Waals surface area contributed by atoms with Crippen LogP contribution >= 0.6 is 23.6 Å². The van der Waals surface area contributed by atoms with Crippen molar-refractivity contribution in [3.63, 3.8) is 0 Å². The lowest BCUT2D eigenvalue weighted by Crippen LogP contribution is -2.18. The Kier molecular flexibility index (Phi) is 1.87. The maximum absolute atomic E-state index is 12.0. The third-order valence-corrected chi connectivity index (χ3v) is 4.17. The Morgan fingerprint density at radius 3 is 3.00 bits per heavy atom. The highest BCUT2D eigenvalue weighted by atomic mass is 32.1. The van der Waals surface area contributed by atoms with Gasteiger partial charge < -0.3 is 4.98 Å². The molecule has 1 aliphatic rings. The number of nitrogens with one attached hydrogen (secondary N) is 1. The molecule has 0 amide bonds. The summed E-state index contributed by atoms with van der Waals surface area (Å²) in [7, 11) is 1.72. The molecule has 1 fully saturated rings. The van der Waals surface area contributed by atoms with E-state index in [1.165, 1.54) is 23.0 Å². The number of thiophene rings is 1. The van der Waals surface area contributed by atoms with Gasteiger partial charge in [0, 0.05) is 7.05 Å². The van der Waals surface area contributed by atoms with Crippen LogP contribution in [0.1, 0.15) is 24.3 Å². The molecular formula is C10H10N2OS2. The Morgan fingerprint density at radius 1 is 1.60 bits per heavy atom. The van der Waals surface area contributed by atoms with Gasteiger partial charge in [-0.1, -0.05) is 0 Å². The normalized spacial score (nSPS) is 16.1. The first-order chi connectivity index (χ1) is 7.18. The van der Waals surface area contributed by atoms with E-state index < -0.39 is 0 Å². The summed E-state index contributed by atoms with van der Waals surface area (Å²) in [5.41, 5.74) is 1.25. The monoisotopic (exact) mass is 238 g/mol. The molecule has 0 aliphatic heterocycles. The van der Waals surface area contributed by atoms with Crippen molar-refractivity contribution in [2.45, 2.75) is 18.8 Å². The highest BCUT2D eigenvalue weighted by molar-refractivity contribution is 7.71. The van der Waals surface area contributed by atoms with Crippen LogP contribution in [0.15, 0.2) is 10.2 Å². The second-order valence-corrected chi connectivity index (χ2v) is 5.23. The predicted molar refractivity (Wildman–Crippen MR) is 64.2 cm³/mol. The topological polar surface area (TPSA) is 37.8 Å². The average molecular weight is 238 g/mol.